The van der Waals surface area contributed by atoms with Crippen LogP contribution < -0.4 is 0 Å². The predicted molar refractivity (Wildman–Crippen MR) is 66.0 cm³/mol. The van der Waals surface area contributed by atoms with Crippen LogP contribution in [0.1, 0.15) is 31.7 Å². The van der Waals surface area contributed by atoms with E-state index >= 15 is 0 Å². The Labute approximate surface area is 102 Å². The first-order chi connectivity index (χ1) is 8.31. The van der Waals surface area contributed by atoms with E-state index in [-0.39, 0.29) is 11.8 Å². The summed E-state index contributed by atoms with van der Waals surface area (Å²) < 4.78 is 0. The first-order valence-electron chi connectivity index (χ1n) is 6.29. The second-order valence-electron chi connectivity index (χ2n) is 4.50. The fraction of sp³-hybridized carbons (Fsp3) is 0.500. The molecule has 0 aliphatic carbocycles. The molecule has 92 valence electrons. The molecular formula is C14H19NO2. The van der Waals surface area contributed by atoms with E-state index in [0.29, 0.717) is 6.61 Å². The van der Waals surface area contributed by atoms with Crippen molar-refractivity contribution in [1.82, 2.24) is 5.06 Å². The topological polar surface area (TPSA) is 29.5 Å². The van der Waals surface area contributed by atoms with Gasteiger partial charge in [0.25, 0.3) is 5.91 Å². The molecule has 1 atom stereocenters. The lowest BCUT2D eigenvalue weighted by Gasteiger charge is -2.37. The number of β-lactam (4-membered cyclic amide) rings is 1. The standard InChI is InChI=1S/C14H19NO2/c1-2-3-9-13-10-15(14(13)16)17-11-12-7-5-4-6-8-12/h4-8,13H,2-3,9-11H2,1H3/t13-/m1/s1. The third-order valence-corrected chi connectivity index (χ3v) is 3.12. The van der Waals surface area contributed by atoms with Crippen molar-refractivity contribution in [1.29, 1.82) is 0 Å². The molecule has 1 amide bonds. The highest BCUT2D eigenvalue weighted by Crippen LogP contribution is 2.23. The Morgan fingerprint density at radius 2 is 2.12 bits per heavy atom. The van der Waals surface area contributed by atoms with Gasteiger partial charge in [0, 0.05) is 0 Å². The zero-order valence-electron chi connectivity index (χ0n) is 10.3. The minimum atomic E-state index is 0.148. The summed E-state index contributed by atoms with van der Waals surface area (Å²) in [6.45, 7) is 3.38. The molecule has 1 aliphatic heterocycles. The number of rotatable bonds is 6. The number of carbonyl (C=O) groups is 1. The van der Waals surface area contributed by atoms with E-state index in [1.165, 1.54) is 5.06 Å². The Morgan fingerprint density at radius 3 is 2.76 bits per heavy atom. The maximum Gasteiger partial charge on any atom is 0.251 e. The van der Waals surface area contributed by atoms with Crippen LogP contribution in [0.25, 0.3) is 0 Å². The molecule has 1 saturated heterocycles. The molecule has 2 rings (SSSR count). The SMILES string of the molecule is CCCC[C@@H]1CN(OCc2ccccc2)C1=O. The number of unbranched alkanes of at least 4 members (excludes halogenated alkanes) is 1. The van der Waals surface area contributed by atoms with Gasteiger partial charge in [-0.15, -0.1) is 0 Å². The van der Waals surface area contributed by atoms with Crippen LogP contribution in [0.3, 0.4) is 0 Å². The number of nitrogens with zero attached hydrogens (tertiary/aromatic N) is 1. The predicted octanol–water partition coefficient (Wildman–Crippen LogP) is 2.77. The summed E-state index contributed by atoms with van der Waals surface area (Å²) in [6, 6.07) is 9.91. The molecule has 3 heteroatoms. The van der Waals surface area contributed by atoms with Crippen LogP contribution in [0.5, 0.6) is 0 Å². The Kier molecular flexibility index (Phi) is 4.15. The molecule has 17 heavy (non-hydrogen) atoms. The largest absolute Gasteiger partial charge is 0.272 e. The summed E-state index contributed by atoms with van der Waals surface area (Å²) in [5.41, 5.74) is 1.09. The highest BCUT2D eigenvalue weighted by atomic mass is 16.7. The lowest BCUT2D eigenvalue weighted by Crippen LogP contribution is -2.51. The van der Waals surface area contributed by atoms with Gasteiger partial charge in [0.1, 0.15) is 6.61 Å². The molecule has 1 aliphatic rings. The number of hydrogen-bond donors (Lipinski definition) is 0. The molecular weight excluding hydrogens is 214 g/mol. The van der Waals surface area contributed by atoms with E-state index in [0.717, 1.165) is 31.4 Å². The van der Waals surface area contributed by atoms with E-state index < -0.39 is 0 Å². The smallest absolute Gasteiger partial charge is 0.251 e. The normalized spacial score (nSPS) is 19.2. The molecule has 1 fully saturated rings. The molecule has 0 unspecified atom stereocenters. The second-order valence-corrected chi connectivity index (χ2v) is 4.50. The van der Waals surface area contributed by atoms with Gasteiger partial charge in [0.15, 0.2) is 0 Å². The Morgan fingerprint density at radius 1 is 1.35 bits per heavy atom. The molecule has 0 aromatic heterocycles. The first kappa shape index (κ1) is 12.1. The number of benzene rings is 1. The first-order valence-corrected chi connectivity index (χ1v) is 6.29. The van der Waals surface area contributed by atoms with E-state index in [2.05, 4.69) is 6.92 Å². The van der Waals surface area contributed by atoms with Crippen LogP contribution in [0, 0.1) is 5.92 Å². The summed E-state index contributed by atoms with van der Waals surface area (Å²) >= 11 is 0. The van der Waals surface area contributed by atoms with Gasteiger partial charge in [-0.3, -0.25) is 9.63 Å². The van der Waals surface area contributed by atoms with Crippen LogP contribution >= 0.6 is 0 Å². The minimum Gasteiger partial charge on any atom is -0.272 e. The van der Waals surface area contributed by atoms with Crippen molar-refractivity contribution >= 4 is 5.91 Å². The zero-order valence-corrected chi connectivity index (χ0v) is 10.3. The highest BCUT2D eigenvalue weighted by Gasteiger charge is 2.36. The second kappa shape index (κ2) is 5.82. The summed E-state index contributed by atoms with van der Waals surface area (Å²) in [5.74, 6) is 0.347. The van der Waals surface area contributed by atoms with Gasteiger partial charge in [-0.2, -0.15) is 0 Å². The monoisotopic (exact) mass is 233 g/mol. The summed E-state index contributed by atoms with van der Waals surface area (Å²) in [5, 5.41) is 1.49. The van der Waals surface area contributed by atoms with E-state index in [1.807, 2.05) is 30.3 Å². The zero-order chi connectivity index (χ0) is 12.1. The molecule has 1 heterocycles. The molecule has 1 aromatic carbocycles. The third-order valence-electron chi connectivity index (χ3n) is 3.12. The fourth-order valence-electron chi connectivity index (χ4n) is 1.97. The Balaban J connectivity index is 1.71. The van der Waals surface area contributed by atoms with Gasteiger partial charge in [0.2, 0.25) is 0 Å². The Hall–Kier alpha value is -1.35. The molecule has 0 N–H and O–H groups in total. The van der Waals surface area contributed by atoms with Crippen molar-refractivity contribution in [3.05, 3.63) is 35.9 Å². The summed E-state index contributed by atoms with van der Waals surface area (Å²) in [7, 11) is 0. The van der Waals surface area contributed by atoms with Crippen LogP contribution in [0.2, 0.25) is 0 Å². The molecule has 0 spiro atoms. The van der Waals surface area contributed by atoms with Crippen LogP contribution in [0.15, 0.2) is 30.3 Å². The lowest BCUT2D eigenvalue weighted by molar-refractivity contribution is -0.226. The summed E-state index contributed by atoms with van der Waals surface area (Å²) in [4.78, 5) is 17.2. The van der Waals surface area contributed by atoms with Crippen LogP contribution in [-0.4, -0.2) is 17.5 Å². The van der Waals surface area contributed by atoms with Gasteiger partial charge in [-0.25, -0.2) is 5.06 Å². The van der Waals surface area contributed by atoms with E-state index in [1.54, 1.807) is 0 Å². The average molecular weight is 233 g/mol. The summed E-state index contributed by atoms with van der Waals surface area (Å²) in [6.07, 6.45) is 3.28. The molecule has 0 bridgehead atoms. The highest BCUT2D eigenvalue weighted by molar-refractivity contribution is 5.83. The molecule has 0 saturated carbocycles. The van der Waals surface area contributed by atoms with Crippen molar-refractivity contribution in [2.45, 2.75) is 32.8 Å². The number of hydroxylamine groups is 2. The van der Waals surface area contributed by atoms with Gasteiger partial charge in [-0.1, -0.05) is 50.1 Å². The maximum absolute atomic E-state index is 11.7. The lowest BCUT2D eigenvalue weighted by atomic mass is 9.95. The van der Waals surface area contributed by atoms with Crippen molar-refractivity contribution < 1.29 is 9.63 Å². The van der Waals surface area contributed by atoms with Crippen molar-refractivity contribution in [2.75, 3.05) is 6.54 Å². The van der Waals surface area contributed by atoms with E-state index in [9.17, 15) is 4.79 Å². The van der Waals surface area contributed by atoms with Crippen molar-refractivity contribution in [3.8, 4) is 0 Å². The van der Waals surface area contributed by atoms with Gasteiger partial charge in [-0.05, 0) is 12.0 Å². The van der Waals surface area contributed by atoms with Gasteiger partial charge in [0.05, 0.1) is 12.5 Å². The fourth-order valence-corrected chi connectivity index (χ4v) is 1.97. The third kappa shape index (κ3) is 3.07. The van der Waals surface area contributed by atoms with Crippen LogP contribution in [-0.2, 0) is 16.2 Å². The average Bonchev–Trinajstić information content (AvgIpc) is 2.38. The maximum atomic E-state index is 11.7. The van der Waals surface area contributed by atoms with Crippen molar-refractivity contribution in [3.63, 3.8) is 0 Å². The number of hydrogen-bond acceptors (Lipinski definition) is 2. The number of amides is 1. The Bertz CT molecular complexity index is 364. The van der Waals surface area contributed by atoms with Gasteiger partial charge >= 0.3 is 0 Å². The quantitative estimate of drug-likeness (QED) is 0.707. The van der Waals surface area contributed by atoms with Crippen molar-refractivity contribution in [2.24, 2.45) is 5.92 Å². The number of carbonyl (C=O) groups excluding carboxylic acids is 1. The molecule has 1 aromatic rings. The van der Waals surface area contributed by atoms with Gasteiger partial charge < -0.3 is 0 Å². The minimum absolute atomic E-state index is 0.148. The molecule has 0 radical (unpaired) electrons. The van der Waals surface area contributed by atoms with Crippen LogP contribution in [0.4, 0.5) is 0 Å². The molecule has 3 nitrogen and oxygen atoms in total. The van der Waals surface area contributed by atoms with E-state index in [4.69, 9.17) is 4.84 Å².